The van der Waals surface area contributed by atoms with Gasteiger partial charge in [-0.15, -0.1) is 0 Å². The van der Waals surface area contributed by atoms with Gasteiger partial charge < -0.3 is 10.6 Å². The first-order chi connectivity index (χ1) is 11.5. The lowest BCUT2D eigenvalue weighted by atomic mass is 10.0. The van der Waals surface area contributed by atoms with Crippen molar-refractivity contribution in [3.63, 3.8) is 0 Å². The van der Waals surface area contributed by atoms with Crippen molar-refractivity contribution in [1.82, 2.24) is 4.90 Å². The molecule has 0 radical (unpaired) electrons. The van der Waals surface area contributed by atoms with Gasteiger partial charge in [-0.25, -0.2) is 13.8 Å². The number of carbonyl (C=O) groups excluding carboxylic acids is 1. The topological polar surface area (TPSA) is 58.7 Å². The Morgan fingerprint density at radius 2 is 1.96 bits per heavy atom. The molecule has 0 aliphatic carbocycles. The van der Waals surface area contributed by atoms with Gasteiger partial charge >= 0.3 is 0 Å². The van der Waals surface area contributed by atoms with Gasteiger partial charge in [0.1, 0.15) is 5.84 Å². The van der Waals surface area contributed by atoms with Gasteiger partial charge in [0.05, 0.1) is 5.69 Å². The molecule has 6 heteroatoms. The van der Waals surface area contributed by atoms with Crippen molar-refractivity contribution in [2.24, 2.45) is 10.7 Å². The maximum absolute atomic E-state index is 12.9. The fourth-order valence-electron chi connectivity index (χ4n) is 2.74. The zero-order valence-electron chi connectivity index (χ0n) is 14.1. The monoisotopic (exact) mass is 335 g/mol. The lowest BCUT2D eigenvalue weighted by Crippen LogP contribution is -2.34. The molecule has 1 aliphatic heterocycles. The molecule has 0 spiro atoms. The highest BCUT2D eigenvalue weighted by Gasteiger charge is 2.21. The summed E-state index contributed by atoms with van der Waals surface area (Å²) in [5.41, 5.74) is 7.36. The van der Waals surface area contributed by atoms with E-state index in [0.29, 0.717) is 29.9 Å². The van der Waals surface area contributed by atoms with Crippen LogP contribution in [0.4, 0.5) is 14.5 Å². The average molecular weight is 335 g/mol. The summed E-state index contributed by atoms with van der Waals surface area (Å²) < 4.78 is 25.7. The highest BCUT2D eigenvalue weighted by molar-refractivity contribution is 6.05. The van der Waals surface area contributed by atoms with E-state index in [1.54, 1.807) is 17.0 Å². The van der Waals surface area contributed by atoms with Crippen LogP contribution in [0.15, 0.2) is 28.8 Å². The Hall–Kier alpha value is -2.24. The summed E-state index contributed by atoms with van der Waals surface area (Å²) in [7, 11) is 0. The van der Waals surface area contributed by atoms with E-state index in [1.807, 2.05) is 13.8 Å². The minimum Gasteiger partial charge on any atom is -0.387 e. The number of nitrogens with zero attached hydrogens (tertiary/aromatic N) is 2. The van der Waals surface area contributed by atoms with Crippen LogP contribution in [0, 0.1) is 0 Å². The summed E-state index contributed by atoms with van der Waals surface area (Å²) in [5.74, 6) is 0.190. The van der Waals surface area contributed by atoms with E-state index in [1.165, 1.54) is 12.1 Å². The third kappa shape index (κ3) is 4.19. The van der Waals surface area contributed by atoms with Gasteiger partial charge in [-0.2, -0.15) is 0 Å². The summed E-state index contributed by atoms with van der Waals surface area (Å²) in [4.78, 5) is 18.8. The van der Waals surface area contributed by atoms with Crippen molar-refractivity contribution in [2.45, 2.75) is 39.5 Å². The average Bonchev–Trinajstić information content (AvgIpc) is 2.71. The van der Waals surface area contributed by atoms with Crippen LogP contribution >= 0.6 is 0 Å². The number of nitrogens with two attached hydrogens (primary N) is 1. The van der Waals surface area contributed by atoms with Crippen LogP contribution in [0.5, 0.6) is 0 Å². The van der Waals surface area contributed by atoms with Gasteiger partial charge in [0.15, 0.2) is 0 Å². The van der Waals surface area contributed by atoms with Gasteiger partial charge in [-0.05, 0) is 25.0 Å². The van der Waals surface area contributed by atoms with Crippen LogP contribution < -0.4 is 5.73 Å². The zero-order chi connectivity index (χ0) is 17.7. The molecule has 0 fully saturated rings. The SMILES string of the molecule is CCCN(CCC)C(=O)C1=Cc2ccc(C(F)F)cc2N=C(N)C1. The van der Waals surface area contributed by atoms with Crippen LogP contribution in [0.25, 0.3) is 6.08 Å². The standard InChI is InChI=1S/C18H23F2N3O/c1-3-7-23(8-4-2)18(24)14-9-12-5-6-13(17(19)20)10-15(12)22-16(21)11-14/h5-6,9-10,17H,3-4,7-8,11H2,1-2H3,(H2,21,22). The number of carbonyl (C=O) groups is 1. The number of fused-ring (bicyclic) bond motifs is 1. The Kier molecular flexibility index (Phi) is 6.06. The molecule has 1 aliphatic rings. The Bertz CT molecular complexity index is 662. The summed E-state index contributed by atoms with van der Waals surface area (Å²) >= 11 is 0. The number of rotatable bonds is 6. The summed E-state index contributed by atoms with van der Waals surface area (Å²) in [6.45, 7) is 5.40. The number of alkyl halides is 2. The maximum Gasteiger partial charge on any atom is 0.263 e. The van der Waals surface area contributed by atoms with Gasteiger partial charge in [0, 0.05) is 36.2 Å². The minimum atomic E-state index is -2.57. The van der Waals surface area contributed by atoms with Crippen LogP contribution in [0.2, 0.25) is 0 Å². The molecule has 1 heterocycles. The first kappa shape index (κ1) is 18.1. The second-order valence-corrected chi connectivity index (χ2v) is 5.86. The Morgan fingerprint density at radius 1 is 1.29 bits per heavy atom. The summed E-state index contributed by atoms with van der Waals surface area (Å²) in [5, 5.41) is 0. The van der Waals surface area contributed by atoms with Crippen molar-refractivity contribution >= 4 is 23.5 Å². The first-order valence-electron chi connectivity index (χ1n) is 8.21. The highest BCUT2D eigenvalue weighted by atomic mass is 19.3. The largest absolute Gasteiger partial charge is 0.387 e. The molecular formula is C18H23F2N3O. The molecule has 0 bridgehead atoms. The van der Waals surface area contributed by atoms with E-state index < -0.39 is 6.43 Å². The lowest BCUT2D eigenvalue weighted by Gasteiger charge is -2.22. The minimum absolute atomic E-state index is 0.0670. The van der Waals surface area contributed by atoms with Crippen molar-refractivity contribution in [3.05, 3.63) is 34.9 Å². The molecule has 1 aromatic rings. The summed E-state index contributed by atoms with van der Waals surface area (Å²) in [6, 6.07) is 4.25. The molecule has 0 aromatic heterocycles. The lowest BCUT2D eigenvalue weighted by molar-refractivity contribution is -0.127. The Labute approximate surface area is 141 Å². The summed E-state index contributed by atoms with van der Waals surface area (Å²) in [6.07, 6.45) is 1.12. The smallest absolute Gasteiger partial charge is 0.263 e. The number of halogens is 2. The van der Waals surface area contributed by atoms with Crippen LogP contribution in [-0.4, -0.2) is 29.7 Å². The molecule has 0 unspecified atom stereocenters. The van der Waals surface area contributed by atoms with E-state index >= 15 is 0 Å². The number of aliphatic imine (C=N–C) groups is 1. The maximum atomic E-state index is 12.9. The van der Waals surface area contributed by atoms with Crippen molar-refractivity contribution in [3.8, 4) is 0 Å². The number of hydrogen-bond acceptors (Lipinski definition) is 3. The van der Waals surface area contributed by atoms with E-state index in [-0.39, 0.29) is 23.7 Å². The predicted molar refractivity (Wildman–Crippen MR) is 92.4 cm³/mol. The Balaban J connectivity index is 2.38. The molecule has 0 saturated carbocycles. The van der Waals surface area contributed by atoms with E-state index in [2.05, 4.69) is 4.99 Å². The molecule has 4 nitrogen and oxygen atoms in total. The molecule has 2 N–H and O–H groups in total. The molecule has 1 aromatic carbocycles. The molecule has 130 valence electrons. The number of hydrogen-bond donors (Lipinski definition) is 1. The Morgan fingerprint density at radius 3 is 2.54 bits per heavy atom. The van der Waals surface area contributed by atoms with Gasteiger partial charge in [0.25, 0.3) is 6.43 Å². The van der Waals surface area contributed by atoms with Gasteiger partial charge in [-0.1, -0.05) is 26.0 Å². The third-order valence-corrected chi connectivity index (χ3v) is 3.82. The number of amides is 1. The quantitative estimate of drug-likeness (QED) is 0.852. The number of benzene rings is 1. The molecule has 0 atom stereocenters. The first-order valence-corrected chi connectivity index (χ1v) is 8.21. The molecular weight excluding hydrogens is 312 g/mol. The normalized spacial score (nSPS) is 13.9. The molecule has 1 amide bonds. The van der Waals surface area contributed by atoms with Crippen molar-refractivity contribution in [1.29, 1.82) is 0 Å². The van der Waals surface area contributed by atoms with E-state index in [0.717, 1.165) is 12.8 Å². The van der Waals surface area contributed by atoms with Crippen LogP contribution in [0.3, 0.4) is 0 Å². The fraction of sp³-hybridized carbons (Fsp3) is 0.444. The van der Waals surface area contributed by atoms with Crippen LogP contribution in [0.1, 0.15) is 50.7 Å². The van der Waals surface area contributed by atoms with Crippen LogP contribution in [-0.2, 0) is 4.79 Å². The van der Waals surface area contributed by atoms with Gasteiger partial charge in [0.2, 0.25) is 5.91 Å². The molecule has 2 rings (SSSR count). The predicted octanol–water partition coefficient (Wildman–Crippen LogP) is 4.05. The zero-order valence-corrected chi connectivity index (χ0v) is 14.1. The molecule has 0 saturated heterocycles. The second-order valence-electron chi connectivity index (χ2n) is 5.86. The fourth-order valence-corrected chi connectivity index (χ4v) is 2.74. The number of amidine groups is 1. The van der Waals surface area contributed by atoms with Gasteiger partial charge in [-0.3, -0.25) is 4.79 Å². The van der Waals surface area contributed by atoms with E-state index in [9.17, 15) is 13.6 Å². The second kappa shape index (κ2) is 8.04. The highest BCUT2D eigenvalue weighted by Crippen LogP contribution is 2.31. The molecule has 24 heavy (non-hydrogen) atoms. The van der Waals surface area contributed by atoms with E-state index in [4.69, 9.17) is 5.73 Å². The third-order valence-electron chi connectivity index (χ3n) is 3.82. The van der Waals surface area contributed by atoms with Crippen molar-refractivity contribution < 1.29 is 13.6 Å². The van der Waals surface area contributed by atoms with Crippen molar-refractivity contribution in [2.75, 3.05) is 13.1 Å².